The lowest BCUT2D eigenvalue weighted by molar-refractivity contribution is 0.0989. The zero-order valence-electron chi connectivity index (χ0n) is 16.6. The lowest BCUT2D eigenvalue weighted by Gasteiger charge is -2.18. The van der Waals surface area contributed by atoms with E-state index in [0.717, 1.165) is 28.8 Å². The van der Waals surface area contributed by atoms with Gasteiger partial charge in [-0.2, -0.15) is 0 Å². The van der Waals surface area contributed by atoms with Gasteiger partial charge >= 0.3 is 6.03 Å². The molecule has 1 aliphatic rings. The molecule has 0 atom stereocenters. The highest BCUT2D eigenvalue weighted by Crippen LogP contribution is 2.30. The molecule has 0 bridgehead atoms. The van der Waals surface area contributed by atoms with E-state index in [0.29, 0.717) is 24.3 Å². The zero-order chi connectivity index (χ0) is 21.1. The molecule has 4 rings (SSSR count). The molecule has 0 aromatic heterocycles. The van der Waals surface area contributed by atoms with Gasteiger partial charge < -0.3 is 15.5 Å². The van der Waals surface area contributed by atoms with Gasteiger partial charge in [0.15, 0.2) is 0 Å². The van der Waals surface area contributed by atoms with E-state index in [-0.39, 0.29) is 5.91 Å². The molecule has 1 heterocycles. The number of halogens is 1. The minimum atomic E-state index is -0.422. The van der Waals surface area contributed by atoms with E-state index in [1.54, 1.807) is 11.0 Å². The Kier molecular flexibility index (Phi) is 5.48. The number of urea groups is 1. The second kappa shape index (κ2) is 8.37. The van der Waals surface area contributed by atoms with Crippen LogP contribution in [0.25, 0.3) is 0 Å². The lowest BCUT2D eigenvalue weighted by atomic mass is 10.1. The Hall–Kier alpha value is -3.67. The quantitative estimate of drug-likeness (QED) is 0.666. The van der Waals surface area contributed by atoms with Crippen LogP contribution in [0.15, 0.2) is 66.7 Å². The average molecular weight is 403 g/mol. The van der Waals surface area contributed by atoms with Crippen molar-refractivity contribution in [1.82, 2.24) is 5.32 Å². The maximum atomic E-state index is 13.2. The predicted molar refractivity (Wildman–Crippen MR) is 115 cm³/mol. The number of nitrogens with zero attached hydrogens (tertiary/aromatic N) is 1. The maximum Gasteiger partial charge on any atom is 0.319 e. The zero-order valence-corrected chi connectivity index (χ0v) is 16.6. The largest absolute Gasteiger partial charge is 0.334 e. The molecule has 0 fully saturated rings. The van der Waals surface area contributed by atoms with Gasteiger partial charge in [-0.25, -0.2) is 9.18 Å². The number of aryl methyl sites for hydroxylation is 1. The molecule has 3 amide bonds. The third-order valence-corrected chi connectivity index (χ3v) is 5.09. The topological polar surface area (TPSA) is 61.4 Å². The van der Waals surface area contributed by atoms with Crippen LogP contribution in [-0.2, 0) is 13.0 Å². The number of benzene rings is 3. The summed E-state index contributed by atoms with van der Waals surface area (Å²) < 4.78 is 13.2. The minimum absolute atomic E-state index is 0.0218. The smallest absolute Gasteiger partial charge is 0.319 e. The number of rotatable bonds is 4. The molecule has 3 aromatic carbocycles. The van der Waals surface area contributed by atoms with Gasteiger partial charge in [-0.05, 0) is 60.9 Å². The van der Waals surface area contributed by atoms with E-state index in [1.165, 1.54) is 18.2 Å². The lowest BCUT2D eigenvalue weighted by Crippen LogP contribution is -2.29. The van der Waals surface area contributed by atoms with E-state index >= 15 is 0 Å². The summed E-state index contributed by atoms with van der Waals surface area (Å²) >= 11 is 0. The normalized spacial score (nSPS) is 12.4. The number of anilines is 2. The highest BCUT2D eigenvalue weighted by atomic mass is 19.1. The van der Waals surface area contributed by atoms with Crippen molar-refractivity contribution < 1.29 is 14.0 Å². The summed E-state index contributed by atoms with van der Waals surface area (Å²) in [5.74, 6) is -0.434. The first-order valence-corrected chi connectivity index (χ1v) is 9.80. The van der Waals surface area contributed by atoms with E-state index < -0.39 is 11.8 Å². The van der Waals surface area contributed by atoms with Gasteiger partial charge in [-0.3, -0.25) is 4.79 Å². The SMILES string of the molecule is Cc1cccc(C(=O)N2CCc3ccc(CNC(=O)Nc4cccc(F)c4)cc32)c1. The van der Waals surface area contributed by atoms with Crippen molar-refractivity contribution >= 4 is 23.3 Å². The van der Waals surface area contributed by atoms with Gasteiger partial charge in [0.1, 0.15) is 5.82 Å². The summed E-state index contributed by atoms with van der Waals surface area (Å²) in [4.78, 5) is 26.9. The van der Waals surface area contributed by atoms with E-state index in [9.17, 15) is 14.0 Å². The van der Waals surface area contributed by atoms with Gasteiger partial charge in [0.25, 0.3) is 5.91 Å². The highest BCUT2D eigenvalue weighted by Gasteiger charge is 2.25. The number of amides is 3. The van der Waals surface area contributed by atoms with Crippen LogP contribution in [0.3, 0.4) is 0 Å². The van der Waals surface area contributed by atoms with Crippen LogP contribution in [0.4, 0.5) is 20.6 Å². The second-order valence-electron chi connectivity index (χ2n) is 7.36. The van der Waals surface area contributed by atoms with Gasteiger partial charge in [0.05, 0.1) is 0 Å². The van der Waals surface area contributed by atoms with Crippen LogP contribution < -0.4 is 15.5 Å². The third kappa shape index (κ3) is 4.33. The van der Waals surface area contributed by atoms with Crippen molar-refractivity contribution in [2.45, 2.75) is 19.9 Å². The van der Waals surface area contributed by atoms with Crippen LogP contribution in [0.5, 0.6) is 0 Å². The number of fused-ring (bicyclic) bond motifs is 1. The molecule has 0 unspecified atom stereocenters. The Balaban J connectivity index is 1.44. The first-order valence-electron chi connectivity index (χ1n) is 9.80. The Labute approximate surface area is 174 Å². The maximum absolute atomic E-state index is 13.2. The Morgan fingerprint density at radius 1 is 1.03 bits per heavy atom. The molecular weight excluding hydrogens is 381 g/mol. The molecule has 30 heavy (non-hydrogen) atoms. The molecular formula is C24H22FN3O2. The van der Waals surface area contributed by atoms with Crippen molar-refractivity contribution in [1.29, 1.82) is 0 Å². The molecule has 0 radical (unpaired) electrons. The molecule has 0 aliphatic carbocycles. The van der Waals surface area contributed by atoms with Crippen LogP contribution in [-0.4, -0.2) is 18.5 Å². The summed E-state index contributed by atoms with van der Waals surface area (Å²) in [7, 11) is 0. The Bertz CT molecular complexity index is 1110. The van der Waals surface area contributed by atoms with Crippen molar-refractivity contribution in [3.8, 4) is 0 Å². The molecule has 3 aromatic rings. The van der Waals surface area contributed by atoms with Crippen molar-refractivity contribution in [3.05, 3.63) is 94.8 Å². The molecule has 1 aliphatic heterocycles. The van der Waals surface area contributed by atoms with Crippen LogP contribution in [0.1, 0.15) is 27.0 Å². The number of hydrogen-bond acceptors (Lipinski definition) is 2. The van der Waals surface area contributed by atoms with E-state index in [1.807, 2.05) is 49.4 Å². The minimum Gasteiger partial charge on any atom is -0.334 e. The van der Waals surface area contributed by atoms with Crippen molar-refractivity contribution in [2.75, 3.05) is 16.8 Å². The Morgan fingerprint density at radius 3 is 2.67 bits per heavy atom. The predicted octanol–water partition coefficient (Wildman–Crippen LogP) is 4.66. The first kappa shape index (κ1) is 19.6. The fourth-order valence-electron chi connectivity index (χ4n) is 3.60. The highest BCUT2D eigenvalue weighted by molar-refractivity contribution is 6.07. The van der Waals surface area contributed by atoms with Gasteiger partial charge in [0.2, 0.25) is 0 Å². The van der Waals surface area contributed by atoms with Gasteiger partial charge in [-0.15, -0.1) is 0 Å². The molecule has 6 heteroatoms. The fourth-order valence-corrected chi connectivity index (χ4v) is 3.60. The van der Waals surface area contributed by atoms with Crippen LogP contribution in [0, 0.1) is 12.7 Å². The van der Waals surface area contributed by atoms with Crippen LogP contribution >= 0.6 is 0 Å². The van der Waals surface area contributed by atoms with Gasteiger partial charge in [0, 0.05) is 30.0 Å². The number of hydrogen-bond donors (Lipinski definition) is 2. The molecule has 0 saturated carbocycles. The summed E-state index contributed by atoms with van der Waals surface area (Å²) in [6.45, 7) is 2.90. The fraction of sp³-hybridized carbons (Fsp3) is 0.167. The number of nitrogens with one attached hydrogen (secondary N) is 2. The molecule has 5 nitrogen and oxygen atoms in total. The monoisotopic (exact) mass is 403 g/mol. The van der Waals surface area contributed by atoms with E-state index in [4.69, 9.17) is 0 Å². The van der Waals surface area contributed by atoms with Crippen molar-refractivity contribution in [3.63, 3.8) is 0 Å². The Morgan fingerprint density at radius 2 is 1.87 bits per heavy atom. The molecule has 152 valence electrons. The standard InChI is InChI=1S/C24H22FN3O2/c1-16-4-2-5-19(12-16)23(29)28-11-10-18-9-8-17(13-22(18)28)15-26-24(30)27-21-7-3-6-20(25)14-21/h2-9,12-14H,10-11,15H2,1H3,(H2,26,27,30). The van der Waals surface area contributed by atoms with E-state index in [2.05, 4.69) is 10.6 Å². The second-order valence-corrected chi connectivity index (χ2v) is 7.36. The number of carbonyl (C=O) groups is 2. The summed E-state index contributed by atoms with van der Waals surface area (Å²) in [6, 6.07) is 18.8. The molecule has 2 N–H and O–H groups in total. The number of carbonyl (C=O) groups excluding carboxylic acids is 2. The summed E-state index contributed by atoms with van der Waals surface area (Å²) in [5, 5.41) is 5.37. The first-order chi connectivity index (χ1) is 14.5. The summed E-state index contributed by atoms with van der Waals surface area (Å²) in [6.07, 6.45) is 0.806. The average Bonchev–Trinajstić information content (AvgIpc) is 3.15. The van der Waals surface area contributed by atoms with Crippen molar-refractivity contribution in [2.24, 2.45) is 0 Å². The molecule has 0 spiro atoms. The van der Waals surface area contributed by atoms with Crippen LogP contribution in [0.2, 0.25) is 0 Å². The third-order valence-electron chi connectivity index (χ3n) is 5.09. The molecule has 0 saturated heterocycles. The summed E-state index contributed by atoms with van der Waals surface area (Å²) in [5.41, 5.74) is 4.97. The van der Waals surface area contributed by atoms with Gasteiger partial charge in [-0.1, -0.05) is 35.9 Å².